The zero-order chi connectivity index (χ0) is 5.56. The highest BCUT2D eigenvalue weighted by atomic mass is 14.3. The molecule has 2 aliphatic rings. The standard InChI is InChI=1S/C8H10/c1-6-4-7-2-3-8(6)5-7/h2,8H,1,3-5H2. The van der Waals surface area contributed by atoms with Crippen molar-refractivity contribution in [3.63, 3.8) is 0 Å². The number of hydrogen-bond donors (Lipinski definition) is 0. The average molecular weight is 106 g/mol. The lowest BCUT2D eigenvalue weighted by atomic mass is 10.0. The summed E-state index contributed by atoms with van der Waals surface area (Å²) in [7, 11) is 0. The van der Waals surface area contributed by atoms with E-state index in [1.165, 1.54) is 24.8 Å². The van der Waals surface area contributed by atoms with E-state index in [4.69, 9.17) is 0 Å². The minimum Gasteiger partial charge on any atom is -0.0992 e. The Labute approximate surface area is 49.9 Å². The van der Waals surface area contributed by atoms with Crippen LogP contribution in [0, 0.1) is 5.92 Å². The Balaban J connectivity index is 2.37. The third-order valence-electron chi connectivity index (χ3n) is 2.23. The van der Waals surface area contributed by atoms with Crippen LogP contribution in [0.3, 0.4) is 0 Å². The predicted molar refractivity (Wildman–Crippen MR) is 34.6 cm³/mol. The lowest BCUT2D eigenvalue weighted by molar-refractivity contribution is 0.700. The van der Waals surface area contributed by atoms with Crippen molar-refractivity contribution in [2.24, 2.45) is 5.92 Å². The molecule has 0 N–H and O–H groups in total. The smallest absolute Gasteiger partial charge is 0.0108 e. The first kappa shape index (κ1) is 4.37. The highest BCUT2D eigenvalue weighted by Gasteiger charge is 2.26. The van der Waals surface area contributed by atoms with E-state index in [0.717, 1.165) is 5.92 Å². The van der Waals surface area contributed by atoms with Gasteiger partial charge in [-0.25, -0.2) is 0 Å². The zero-order valence-electron chi connectivity index (χ0n) is 4.98. The molecule has 0 aromatic heterocycles. The molecule has 1 atom stereocenters. The van der Waals surface area contributed by atoms with Crippen molar-refractivity contribution >= 4 is 0 Å². The maximum atomic E-state index is 4.00. The normalized spacial score (nSPS) is 33.8. The summed E-state index contributed by atoms with van der Waals surface area (Å²) in [5.41, 5.74) is 3.11. The van der Waals surface area contributed by atoms with Gasteiger partial charge in [0.25, 0.3) is 0 Å². The van der Waals surface area contributed by atoms with Gasteiger partial charge in [0, 0.05) is 0 Å². The van der Waals surface area contributed by atoms with Crippen LogP contribution < -0.4 is 0 Å². The van der Waals surface area contributed by atoms with Gasteiger partial charge in [-0.05, 0) is 25.2 Å². The van der Waals surface area contributed by atoms with Gasteiger partial charge < -0.3 is 0 Å². The molecule has 2 aliphatic carbocycles. The van der Waals surface area contributed by atoms with Crippen LogP contribution in [0.15, 0.2) is 23.8 Å². The largest absolute Gasteiger partial charge is 0.0992 e. The van der Waals surface area contributed by atoms with Gasteiger partial charge in [-0.3, -0.25) is 0 Å². The Bertz CT molecular complexity index is 163. The molecule has 0 aromatic rings. The molecule has 0 heterocycles. The average Bonchev–Trinajstić information content (AvgIpc) is 2.23. The van der Waals surface area contributed by atoms with Crippen molar-refractivity contribution in [2.75, 3.05) is 0 Å². The molecule has 2 rings (SSSR count). The number of rotatable bonds is 0. The first-order valence-electron chi connectivity index (χ1n) is 3.22. The van der Waals surface area contributed by atoms with Gasteiger partial charge in [-0.1, -0.05) is 23.8 Å². The highest BCUT2D eigenvalue weighted by Crippen LogP contribution is 2.42. The van der Waals surface area contributed by atoms with Crippen LogP contribution in [0.1, 0.15) is 19.3 Å². The summed E-state index contributed by atoms with van der Waals surface area (Å²) >= 11 is 0. The first-order valence-corrected chi connectivity index (χ1v) is 3.22. The monoisotopic (exact) mass is 106 g/mol. The quantitative estimate of drug-likeness (QED) is 0.415. The van der Waals surface area contributed by atoms with Crippen LogP contribution in [0.5, 0.6) is 0 Å². The summed E-state index contributed by atoms with van der Waals surface area (Å²) < 4.78 is 0. The fourth-order valence-electron chi connectivity index (χ4n) is 1.68. The van der Waals surface area contributed by atoms with Crippen molar-refractivity contribution in [1.82, 2.24) is 0 Å². The fourth-order valence-corrected chi connectivity index (χ4v) is 1.68. The third kappa shape index (κ3) is 0.405. The third-order valence-corrected chi connectivity index (χ3v) is 2.23. The van der Waals surface area contributed by atoms with Crippen LogP contribution in [0.4, 0.5) is 0 Å². The van der Waals surface area contributed by atoms with E-state index >= 15 is 0 Å². The van der Waals surface area contributed by atoms with Gasteiger partial charge in [0.15, 0.2) is 0 Å². The van der Waals surface area contributed by atoms with Gasteiger partial charge in [0.05, 0.1) is 0 Å². The molecule has 0 amide bonds. The lowest BCUT2D eigenvalue weighted by Gasteiger charge is -2.04. The van der Waals surface area contributed by atoms with E-state index in [-0.39, 0.29) is 0 Å². The number of hydrogen-bond acceptors (Lipinski definition) is 0. The Morgan fingerprint density at radius 3 is 2.75 bits per heavy atom. The molecule has 0 heteroatoms. The van der Waals surface area contributed by atoms with Crippen molar-refractivity contribution < 1.29 is 0 Å². The molecular formula is C8H10. The molecule has 8 heavy (non-hydrogen) atoms. The van der Waals surface area contributed by atoms with Gasteiger partial charge in [0.2, 0.25) is 0 Å². The molecule has 0 radical (unpaired) electrons. The summed E-state index contributed by atoms with van der Waals surface area (Å²) in [6, 6.07) is 0. The molecule has 0 aliphatic heterocycles. The van der Waals surface area contributed by atoms with E-state index in [0.29, 0.717) is 0 Å². The van der Waals surface area contributed by atoms with Crippen LogP contribution in [-0.4, -0.2) is 0 Å². The van der Waals surface area contributed by atoms with Crippen LogP contribution >= 0.6 is 0 Å². The molecular weight excluding hydrogens is 96.1 g/mol. The van der Waals surface area contributed by atoms with E-state index in [9.17, 15) is 0 Å². The molecule has 2 bridgehead atoms. The highest BCUT2D eigenvalue weighted by molar-refractivity contribution is 5.30. The van der Waals surface area contributed by atoms with Crippen molar-refractivity contribution in [2.45, 2.75) is 19.3 Å². The van der Waals surface area contributed by atoms with Crippen LogP contribution in [0.25, 0.3) is 0 Å². The molecule has 0 aromatic carbocycles. The second-order valence-electron chi connectivity index (χ2n) is 2.83. The Kier molecular flexibility index (Phi) is 0.682. The lowest BCUT2D eigenvalue weighted by Crippen LogP contribution is -1.90. The second kappa shape index (κ2) is 1.25. The van der Waals surface area contributed by atoms with Gasteiger partial charge in [-0.2, -0.15) is 0 Å². The second-order valence-corrected chi connectivity index (χ2v) is 2.83. The Morgan fingerprint density at radius 2 is 2.50 bits per heavy atom. The predicted octanol–water partition coefficient (Wildman–Crippen LogP) is 2.28. The van der Waals surface area contributed by atoms with Gasteiger partial charge >= 0.3 is 0 Å². The molecule has 0 saturated heterocycles. The number of allylic oxidation sites excluding steroid dienone is 3. The van der Waals surface area contributed by atoms with Crippen LogP contribution in [0.2, 0.25) is 0 Å². The van der Waals surface area contributed by atoms with Crippen molar-refractivity contribution in [1.29, 1.82) is 0 Å². The van der Waals surface area contributed by atoms with E-state index in [1.54, 1.807) is 5.57 Å². The van der Waals surface area contributed by atoms with E-state index < -0.39 is 0 Å². The molecule has 1 unspecified atom stereocenters. The Morgan fingerprint density at radius 1 is 1.62 bits per heavy atom. The summed E-state index contributed by atoms with van der Waals surface area (Å²) in [6.07, 6.45) is 6.21. The summed E-state index contributed by atoms with van der Waals surface area (Å²) in [4.78, 5) is 0. The molecule has 1 fully saturated rings. The zero-order valence-corrected chi connectivity index (χ0v) is 4.98. The Hall–Kier alpha value is -0.520. The summed E-state index contributed by atoms with van der Waals surface area (Å²) in [5, 5.41) is 0. The summed E-state index contributed by atoms with van der Waals surface area (Å²) in [5.74, 6) is 0.852. The minimum atomic E-state index is 0.852. The topological polar surface area (TPSA) is 0 Å². The van der Waals surface area contributed by atoms with Gasteiger partial charge in [0.1, 0.15) is 0 Å². The molecule has 0 nitrogen and oxygen atoms in total. The molecule has 0 spiro atoms. The number of fused-ring (bicyclic) bond motifs is 2. The SMILES string of the molecule is C=C1CC2=CCC1C2. The van der Waals surface area contributed by atoms with Gasteiger partial charge in [-0.15, -0.1) is 0 Å². The maximum Gasteiger partial charge on any atom is -0.0108 e. The first-order chi connectivity index (χ1) is 3.86. The van der Waals surface area contributed by atoms with Crippen LogP contribution in [-0.2, 0) is 0 Å². The van der Waals surface area contributed by atoms with Crippen molar-refractivity contribution in [3.05, 3.63) is 23.8 Å². The van der Waals surface area contributed by atoms with E-state index in [1.807, 2.05) is 0 Å². The molecule has 42 valence electrons. The minimum absolute atomic E-state index is 0.852. The summed E-state index contributed by atoms with van der Waals surface area (Å²) in [6.45, 7) is 4.00. The van der Waals surface area contributed by atoms with Crippen molar-refractivity contribution in [3.8, 4) is 0 Å². The fraction of sp³-hybridized carbons (Fsp3) is 0.500. The maximum absolute atomic E-state index is 4.00. The van der Waals surface area contributed by atoms with E-state index in [2.05, 4.69) is 12.7 Å². The molecule has 1 saturated carbocycles.